The molecule has 2 rings (SSSR count). The van der Waals surface area contributed by atoms with Crippen LogP contribution in [0.25, 0.3) is 0 Å². The number of benzene rings is 1. The minimum atomic E-state index is 0.450. The first-order valence-electron chi connectivity index (χ1n) is 8.31. The Morgan fingerprint density at radius 2 is 1.86 bits per heavy atom. The predicted molar refractivity (Wildman–Crippen MR) is 91.2 cm³/mol. The molecule has 0 spiro atoms. The van der Waals surface area contributed by atoms with Crippen molar-refractivity contribution in [2.75, 3.05) is 12.4 Å². The van der Waals surface area contributed by atoms with Gasteiger partial charge < -0.3 is 10.1 Å². The van der Waals surface area contributed by atoms with E-state index in [1.165, 1.54) is 43.4 Å². The van der Waals surface area contributed by atoms with Crippen LogP contribution in [-0.4, -0.2) is 13.2 Å². The molecule has 0 aliphatic heterocycles. The highest BCUT2D eigenvalue weighted by atomic mass is 16.5. The Labute approximate surface area is 130 Å². The average Bonchev–Trinajstić information content (AvgIpc) is 2.64. The lowest BCUT2D eigenvalue weighted by atomic mass is 9.76. The molecule has 1 aliphatic carbocycles. The van der Waals surface area contributed by atoms with E-state index in [0.717, 1.165) is 11.7 Å². The summed E-state index contributed by atoms with van der Waals surface area (Å²) in [5.74, 6) is 1.83. The number of hydrogen-bond acceptors (Lipinski definition) is 2. The maximum absolute atomic E-state index is 5.33. The quantitative estimate of drug-likeness (QED) is 0.751. The van der Waals surface area contributed by atoms with Crippen LogP contribution in [0.15, 0.2) is 18.2 Å². The highest BCUT2D eigenvalue weighted by Gasteiger charge is 2.27. The molecule has 2 unspecified atom stereocenters. The van der Waals surface area contributed by atoms with E-state index in [4.69, 9.17) is 4.74 Å². The second kappa shape index (κ2) is 6.72. The zero-order chi connectivity index (χ0) is 15.5. The van der Waals surface area contributed by atoms with Gasteiger partial charge in [-0.3, -0.25) is 0 Å². The van der Waals surface area contributed by atoms with Crippen molar-refractivity contribution in [3.63, 3.8) is 0 Å². The van der Waals surface area contributed by atoms with Gasteiger partial charge in [0.1, 0.15) is 5.75 Å². The highest BCUT2D eigenvalue weighted by Crippen LogP contribution is 2.37. The first-order chi connectivity index (χ1) is 9.90. The molecule has 118 valence electrons. The van der Waals surface area contributed by atoms with Gasteiger partial charge in [-0.25, -0.2) is 0 Å². The molecule has 2 heteroatoms. The Kier molecular flexibility index (Phi) is 5.18. The molecule has 1 N–H and O–H groups in total. The fourth-order valence-corrected chi connectivity index (χ4v) is 3.52. The SMILES string of the molecule is COc1ccc(NC2CCCC(C(C)(C)C)CC2)cc1C. The standard InChI is InChI=1S/C19H31NO/c1-14-13-17(11-12-18(14)21-5)20-16-8-6-7-15(9-10-16)19(2,3)4/h11-13,15-16,20H,6-10H2,1-5H3. The van der Waals surface area contributed by atoms with E-state index in [2.05, 4.69) is 51.2 Å². The first kappa shape index (κ1) is 16.2. The molecule has 21 heavy (non-hydrogen) atoms. The summed E-state index contributed by atoms with van der Waals surface area (Å²) in [5.41, 5.74) is 2.88. The van der Waals surface area contributed by atoms with Crippen LogP contribution in [0.5, 0.6) is 5.75 Å². The maximum atomic E-state index is 5.33. The lowest BCUT2D eigenvalue weighted by molar-refractivity contribution is 0.214. The summed E-state index contributed by atoms with van der Waals surface area (Å²) in [6, 6.07) is 7.01. The molecular weight excluding hydrogens is 258 g/mol. The van der Waals surface area contributed by atoms with E-state index < -0.39 is 0 Å². The fraction of sp³-hybridized carbons (Fsp3) is 0.684. The number of rotatable bonds is 3. The number of aryl methyl sites for hydroxylation is 1. The smallest absolute Gasteiger partial charge is 0.121 e. The maximum Gasteiger partial charge on any atom is 0.121 e. The summed E-state index contributed by atoms with van der Waals surface area (Å²) < 4.78 is 5.33. The highest BCUT2D eigenvalue weighted by molar-refractivity contribution is 5.51. The van der Waals surface area contributed by atoms with E-state index in [1.54, 1.807) is 7.11 Å². The van der Waals surface area contributed by atoms with Gasteiger partial charge in [0.2, 0.25) is 0 Å². The normalized spacial score (nSPS) is 23.5. The fourth-order valence-electron chi connectivity index (χ4n) is 3.52. The van der Waals surface area contributed by atoms with Gasteiger partial charge in [0, 0.05) is 11.7 Å². The van der Waals surface area contributed by atoms with Crippen molar-refractivity contribution < 1.29 is 4.74 Å². The molecule has 0 radical (unpaired) electrons. The number of nitrogens with one attached hydrogen (secondary N) is 1. The Bertz CT molecular complexity index is 461. The lowest BCUT2D eigenvalue weighted by Gasteiger charge is -2.29. The van der Waals surface area contributed by atoms with Gasteiger partial charge in [-0.15, -0.1) is 0 Å². The van der Waals surface area contributed by atoms with Crippen LogP contribution in [0, 0.1) is 18.3 Å². The number of anilines is 1. The second-order valence-electron chi connectivity index (χ2n) is 7.60. The van der Waals surface area contributed by atoms with Crippen molar-refractivity contribution in [3.05, 3.63) is 23.8 Å². The summed E-state index contributed by atoms with van der Waals surface area (Å²) in [6.45, 7) is 9.27. The third-order valence-corrected chi connectivity index (χ3v) is 4.96. The Balaban J connectivity index is 1.96. The Morgan fingerprint density at radius 3 is 2.48 bits per heavy atom. The van der Waals surface area contributed by atoms with Crippen molar-refractivity contribution in [3.8, 4) is 5.75 Å². The molecule has 1 aromatic carbocycles. The van der Waals surface area contributed by atoms with Gasteiger partial charge >= 0.3 is 0 Å². The minimum absolute atomic E-state index is 0.450. The van der Waals surface area contributed by atoms with Crippen LogP contribution >= 0.6 is 0 Å². The molecule has 0 amide bonds. The third-order valence-electron chi connectivity index (χ3n) is 4.96. The topological polar surface area (TPSA) is 21.3 Å². The van der Waals surface area contributed by atoms with Gasteiger partial charge in [-0.05, 0) is 67.7 Å². The zero-order valence-corrected chi connectivity index (χ0v) is 14.3. The summed E-state index contributed by atoms with van der Waals surface area (Å²) in [6.07, 6.45) is 6.64. The van der Waals surface area contributed by atoms with Crippen molar-refractivity contribution in [1.82, 2.24) is 0 Å². The van der Waals surface area contributed by atoms with Crippen molar-refractivity contribution in [2.24, 2.45) is 11.3 Å². The van der Waals surface area contributed by atoms with Crippen LogP contribution in [0.2, 0.25) is 0 Å². The number of hydrogen-bond donors (Lipinski definition) is 1. The van der Waals surface area contributed by atoms with Crippen LogP contribution < -0.4 is 10.1 Å². The molecular formula is C19H31NO. The van der Waals surface area contributed by atoms with Gasteiger partial charge in [-0.2, -0.15) is 0 Å². The molecule has 2 nitrogen and oxygen atoms in total. The monoisotopic (exact) mass is 289 g/mol. The Morgan fingerprint density at radius 1 is 1.10 bits per heavy atom. The molecule has 1 fully saturated rings. The molecule has 0 bridgehead atoms. The van der Waals surface area contributed by atoms with E-state index in [1.807, 2.05) is 0 Å². The lowest BCUT2D eigenvalue weighted by Crippen LogP contribution is -2.21. The average molecular weight is 289 g/mol. The molecule has 2 atom stereocenters. The van der Waals surface area contributed by atoms with Gasteiger partial charge in [0.25, 0.3) is 0 Å². The first-order valence-corrected chi connectivity index (χ1v) is 8.31. The summed E-state index contributed by atoms with van der Waals surface area (Å²) >= 11 is 0. The predicted octanol–water partition coefficient (Wildman–Crippen LogP) is 5.41. The van der Waals surface area contributed by atoms with Crippen LogP contribution in [-0.2, 0) is 0 Å². The molecule has 1 aliphatic rings. The summed E-state index contributed by atoms with van der Waals surface area (Å²) in [4.78, 5) is 0. The molecule has 1 aromatic rings. The third kappa shape index (κ3) is 4.39. The van der Waals surface area contributed by atoms with E-state index in [9.17, 15) is 0 Å². The van der Waals surface area contributed by atoms with Crippen molar-refractivity contribution >= 4 is 5.69 Å². The summed E-state index contributed by atoms with van der Waals surface area (Å²) in [5, 5.41) is 3.73. The molecule has 0 heterocycles. The molecule has 1 saturated carbocycles. The number of methoxy groups -OCH3 is 1. The largest absolute Gasteiger partial charge is 0.496 e. The van der Waals surface area contributed by atoms with Crippen molar-refractivity contribution in [1.29, 1.82) is 0 Å². The summed E-state index contributed by atoms with van der Waals surface area (Å²) in [7, 11) is 1.73. The molecule has 0 aromatic heterocycles. The van der Waals surface area contributed by atoms with E-state index in [-0.39, 0.29) is 0 Å². The van der Waals surface area contributed by atoms with Gasteiger partial charge in [-0.1, -0.05) is 27.2 Å². The Hall–Kier alpha value is -1.18. The van der Waals surface area contributed by atoms with Gasteiger partial charge in [0.15, 0.2) is 0 Å². The van der Waals surface area contributed by atoms with Crippen LogP contribution in [0.1, 0.15) is 58.4 Å². The van der Waals surface area contributed by atoms with E-state index in [0.29, 0.717) is 11.5 Å². The minimum Gasteiger partial charge on any atom is -0.496 e. The van der Waals surface area contributed by atoms with Crippen molar-refractivity contribution in [2.45, 2.75) is 65.8 Å². The number of ether oxygens (including phenoxy) is 1. The van der Waals surface area contributed by atoms with Crippen LogP contribution in [0.3, 0.4) is 0 Å². The van der Waals surface area contributed by atoms with E-state index >= 15 is 0 Å². The molecule has 0 saturated heterocycles. The van der Waals surface area contributed by atoms with Gasteiger partial charge in [0.05, 0.1) is 7.11 Å². The van der Waals surface area contributed by atoms with Crippen LogP contribution in [0.4, 0.5) is 5.69 Å². The zero-order valence-electron chi connectivity index (χ0n) is 14.3. The second-order valence-corrected chi connectivity index (χ2v) is 7.60.